The lowest BCUT2D eigenvalue weighted by atomic mass is 10.2. The van der Waals surface area contributed by atoms with E-state index in [2.05, 4.69) is 5.32 Å². The van der Waals surface area contributed by atoms with Crippen LogP contribution in [-0.4, -0.2) is 33.2 Å². The first-order valence-corrected chi connectivity index (χ1v) is 6.33. The average Bonchev–Trinajstić information content (AvgIpc) is 2.39. The van der Waals surface area contributed by atoms with Gasteiger partial charge in [0.25, 0.3) is 0 Å². The number of carbonyl (C=O) groups is 1. The highest BCUT2D eigenvalue weighted by Gasteiger charge is 2.10. The summed E-state index contributed by atoms with van der Waals surface area (Å²) in [6.45, 7) is 3.46. The fraction of sp³-hybridized carbons (Fsp3) is 0.500. The average molecular weight is 250 g/mol. The standard InChI is InChI=1S/C14H22N2O2/c1-4-18-13-9-7-12(8-10-13)16(3)14(17)6-5-11-15-2/h7-10,15H,4-6,11H2,1-3H3. The molecule has 1 aromatic rings. The highest BCUT2D eigenvalue weighted by Crippen LogP contribution is 2.19. The van der Waals surface area contributed by atoms with E-state index in [1.165, 1.54) is 0 Å². The Kier molecular flexibility index (Phi) is 6.22. The summed E-state index contributed by atoms with van der Waals surface area (Å²) in [4.78, 5) is 13.6. The van der Waals surface area contributed by atoms with Crippen molar-refractivity contribution in [2.45, 2.75) is 19.8 Å². The Morgan fingerprint density at radius 2 is 2.00 bits per heavy atom. The van der Waals surface area contributed by atoms with Gasteiger partial charge in [-0.3, -0.25) is 4.79 Å². The molecule has 0 aromatic heterocycles. The number of ether oxygens (including phenoxy) is 1. The Hall–Kier alpha value is -1.55. The lowest BCUT2D eigenvalue weighted by Crippen LogP contribution is -2.26. The van der Waals surface area contributed by atoms with Crippen LogP contribution in [0.2, 0.25) is 0 Å². The van der Waals surface area contributed by atoms with Crippen molar-refractivity contribution in [3.05, 3.63) is 24.3 Å². The van der Waals surface area contributed by atoms with E-state index in [1.54, 1.807) is 11.9 Å². The van der Waals surface area contributed by atoms with Crippen LogP contribution in [0.1, 0.15) is 19.8 Å². The van der Waals surface area contributed by atoms with Crippen LogP contribution in [0.3, 0.4) is 0 Å². The minimum Gasteiger partial charge on any atom is -0.494 e. The molecular weight excluding hydrogens is 228 g/mol. The topological polar surface area (TPSA) is 41.6 Å². The molecule has 0 saturated heterocycles. The molecule has 1 aromatic carbocycles. The van der Waals surface area contributed by atoms with E-state index in [0.717, 1.165) is 24.4 Å². The van der Waals surface area contributed by atoms with Gasteiger partial charge in [-0.05, 0) is 51.2 Å². The summed E-state index contributed by atoms with van der Waals surface area (Å²) in [5.74, 6) is 0.965. The Bertz CT molecular complexity index is 363. The molecule has 1 N–H and O–H groups in total. The van der Waals surface area contributed by atoms with Crippen molar-refractivity contribution < 1.29 is 9.53 Å². The van der Waals surface area contributed by atoms with Gasteiger partial charge < -0.3 is 15.0 Å². The van der Waals surface area contributed by atoms with Gasteiger partial charge in [0.1, 0.15) is 5.75 Å². The molecule has 4 heteroatoms. The van der Waals surface area contributed by atoms with Crippen molar-refractivity contribution in [3.8, 4) is 5.75 Å². The predicted octanol–water partition coefficient (Wildman–Crippen LogP) is 2.05. The van der Waals surface area contributed by atoms with Crippen molar-refractivity contribution in [2.24, 2.45) is 0 Å². The molecule has 0 aliphatic heterocycles. The molecular formula is C14H22N2O2. The van der Waals surface area contributed by atoms with Crippen molar-refractivity contribution in [3.63, 3.8) is 0 Å². The fourth-order valence-electron chi connectivity index (χ4n) is 1.66. The molecule has 0 aliphatic rings. The van der Waals surface area contributed by atoms with E-state index in [9.17, 15) is 4.79 Å². The lowest BCUT2D eigenvalue weighted by molar-refractivity contribution is -0.118. The van der Waals surface area contributed by atoms with Gasteiger partial charge in [-0.2, -0.15) is 0 Å². The molecule has 0 fully saturated rings. The quantitative estimate of drug-likeness (QED) is 0.753. The Labute approximate surface area is 109 Å². The van der Waals surface area contributed by atoms with Crippen LogP contribution in [0.4, 0.5) is 5.69 Å². The second-order valence-electron chi connectivity index (χ2n) is 4.09. The number of anilines is 1. The Morgan fingerprint density at radius 3 is 2.56 bits per heavy atom. The van der Waals surface area contributed by atoms with Crippen molar-refractivity contribution in [2.75, 3.05) is 32.1 Å². The molecule has 1 amide bonds. The SMILES string of the molecule is CCOc1ccc(N(C)C(=O)CCCNC)cc1. The molecule has 0 radical (unpaired) electrons. The van der Waals surface area contributed by atoms with Crippen LogP contribution >= 0.6 is 0 Å². The molecule has 4 nitrogen and oxygen atoms in total. The van der Waals surface area contributed by atoms with E-state index in [0.29, 0.717) is 13.0 Å². The van der Waals surface area contributed by atoms with E-state index in [1.807, 2.05) is 38.2 Å². The third kappa shape index (κ3) is 4.37. The zero-order valence-electron chi connectivity index (χ0n) is 11.4. The van der Waals surface area contributed by atoms with Crippen LogP contribution in [0.15, 0.2) is 24.3 Å². The van der Waals surface area contributed by atoms with Gasteiger partial charge in [-0.25, -0.2) is 0 Å². The van der Waals surface area contributed by atoms with Crippen LogP contribution in [0.5, 0.6) is 5.75 Å². The first-order chi connectivity index (χ1) is 8.69. The first kappa shape index (κ1) is 14.5. The van der Waals surface area contributed by atoms with E-state index >= 15 is 0 Å². The maximum atomic E-state index is 11.9. The second kappa shape index (κ2) is 7.71. The fourth-order valence-corrected chi connectivity index (χ4v) is 1.66. The summed E-state index contributed by atoms with van der Waals surface area (Å²) < 4.78 is 5.37. The van der Waals surface area contributed by atoms with Gasteiger partial charge in [-0.1, -0.05) is 0 Å². The maximum absolute atomic E-state index is 11.9. The number of amides is 1. The number of hydrogen-bond donors (Lipinski definition) is 1. The van der Waals surface area contributed by atoms with E-state index in [4.69, 9.17) is 4.74 Å². The highest BCUT2D eigenvalue weighted by atomic mass is 16.5. The molecule has 0 bridgehead atoms. The third-order valence-corrected chi connectivity index (χ3v) is 2.73. The summed E-state index contributed by atoms with van der Waals surface area (Å²) >= 11 is 0. The van der Waals surface area contributed by atoms with Crippen LogP contribution in [-0.2, 0) is 4.79 Å². The summed E-state index contributed by atoms with van der Waals surface area (Å²) in [6, 6.07) is 7.58. The summed E-state index contributed by atoms with van der Waals surface area (Å²) in [6.07, 6.45) is 1.42. The Morgan fingerprint density at radius 1 is 1.33 bits per heavy atom. The van der Waals surface area contributed by atoms with Gasteiger partial charge >= 0.3 is 0 Å². The number of rotatable bonds is 7. The van der Waals surface area contributed by atoms with Gasteiger partial charge in [0.15, 0.2) is 0 Å². The highest BCUT2D eigenvalue weighted by molar-refractivity contribution is 5.92. The summed E-state index contributed by atoms with van der Waals surface area (Å²) in [7, 11) is 3.69. The van der Waals surface area contributed by atoms with Crippen molar-refractivity contribution in [1.29, 1.82) is 0 Å². The van der Waals surface area contributed by atoms with E-state index < -0.39 is 0 Å². The molecule has 18 heavy (non-hydrogen) atoms. The van der Waals surface area contributed by atoms with Gasteiger partial charge in [-0.15, -0.1) is 0 Å². The Balaban J connectivity index is 2.54. The maximum Gasteiger partial charge on any atom is 0.226 e. The number of nitrogens with zero attached hydrogens (tertiary/aromatic N) is 1. The van der Waals surface area contributed by atoms with Crippen molar-refractivity contribution in [1.82, 2.24) is 5.32 Å². The van der Waals surface area contributed by atoms with Gasteiger partial charge in [0, 0.05) is 19.2 Å². The molecule has 0 atom stereocenters. The predicted molar refractivity (Wildman–Crippen MR) is 74.2 cm³/mol. The monoisotopic (exact) mass is 250 g/mol. The smallest absolute Gasteiger partial charge is 0.226 e. The molecule has 0 saturated carbocycles. The van der Waals surface area contributed by atoms with Gasteiger partial charge in [0.2, 0.25) is 5.91 Å². The summed E-state index contributed by atoms with van der Waals surface area (Å²) in [5, 5.41) is 3.04. The van der Waals surface area contributed by atoms with Crippen LogP contribution < -0.4 is 15.0 Å². The first-order valence-electron chi connectivity index (χ1n) is 6.33. The minimum atomic E-state index is 0.134. The molecule has 1 rings (SSSR count). The zero-order chi connectivity index (χ0) is 13.4. The van der Waals surface area contributed by atoms with E-state index in [-0.39, 0.29) is 5.91 Å². The normalized spacial score (nSPS) is 10.2. The lowest BCUT2D eigenvalue weighted by Gasteiger charge is -2.17. The third-order valence-electron chi connectivity index (χ3n) is 2.73. The second-order valence-corrected chi connectivity index (χ2v) is 4.09. The summed E-state index contributed by atoms with van der Waals surface area (Å²) in [5.41, 5.74) is 0.896. The molecule has 100 valence electrons. The number of hydrogen-bond acceptors (Lipinski definition) is 3. The number of carbonyl (C=O) groups excluding carboxylic acids is 1. The number of benzene rings is 1. The molecule has 0 heterocycles. The molecule has 0 spiro atoms. The van der Waals surface area contributed by atoms with Gasteiger partial charge in [0.05, 0.1) is 6.61 Å². The molecule has 0 aliphatic carbocycles. The minimum absolute atomic E-state index is 0.134. The van der Waals surface area contributed by atoms with Crippen LogP contribution in [0.25, 0.3) is 0 Å². The molecule has 0 unspecified atom stereocenters. The largest absolute Gasteiger partial charge is 0.494 e. The zero-order valence-corrected chi connectivity index (χ0v) is 11.4. The van der Waals surface area contributed by atoms with Crippen LogP contribution in [0, 0.1) is 0 Å². The van der Waals surface area contributed by atoms with Crippen molar-refractivity contribution >= 4 is 11.6 Å². The number of nitrogens with one attached hydrogen (secondary N) is 1.